The van der Waals surface area contributed by atoms with Crippen molar-refractivity contribution in [1.29, 1.82) is 0 Å². The van der Waals surface area contributed by atoms with Crippen molar-refractivity contribution in [2.24, 2.45) is 11.7 Å². The minimum absolute atomic E-state index is 0.127. The van der Waals surface area contributed by atoms with Gasteiger partial charge in [0.25, 0.3) is 0 Å². The average molecular weight is 237 g/mol. The number of aromatic nitrogens is 2. The van der Waals surface area contributed by atoms with Crippen LogP contribution in [0.5, 0.6) is 5.88 Å². The Morgan fingerprint density at radius 3 is 2.53 bits per heavy atom. The summed E-state index contributed by atoms with van der Waals surface area (Å²) < 4.78 is 5.53. The van der Waals surface area contributed by atoms with Gasteiger partial charge in [0, 0.05) is 24.2 Å². The second-order valence-corrected chi connectivity index (χ2v) is 5.11. The first kappa shape index (κ1) is 13.9. The fourth-order valence-electron chi connectivity index (χ4n) is 1.75. The molecule has 1 aromatic heterocycles. The lowest BCUT2D eigenvalue weighted by Crippen LogP contribution is -2.25. The van der Waals surface area contributed by atoms with E-state index in [-0.39, 0.29) is 12.1 Å². The van der Waals surface area contributed by atoms with Gasteiger partial charge in [-0.1, -0.05) is 13.8 Å². The smallest absolute Gasteiger partial charge is 0.216 e. The van der Waals surface area contributed by atoms with Gasteiger partial charge in [-0.15, -0.1) is 0 Å². The lowest BCUT2D eigenvalue weighted by atomic mass is 10.0. The molecule has 4 nitrogen and oxygen atoms in total. The highest BCUT2D eigenvalue weighted by Crippen LogP contribution is 2.12. The molecular weight excluding hydrogens is 214 g/mol. The van der Waals surface area contributed by atoms with Crippen LogP contribution in [-0.4, -0.2) is 22.1 Å². The molecule has 0 aliphatic heterocycles. The van der Waals surface area contributed by atoms with Gasteiger partial charge in [-0.05, 0) is 26.2 Å². The molecule has 1 unspecified atom stereocenters. The molecule has 0 amide bonds. The Balaban J connectivity index is 2.59. The van der Waals surface area contributed by atoms with Crippen molar-refractivity contribution < 1.29 is 4.74 Å². The van der Waals surface area contributed by atoms with Gasteiger partial charge in [-0.25, -0.2) is 9.97 Å². The summed E-state index contributed by atoms with van der Waals surface area (Å²) in [6, 6.07) is 2.02. The van der Waals surface area contributed by atoms with Crippen LogP contribution < -0.4 is 10.5 Å². The molecule has 0 aromatic carbocycles. The average Bonchev–Trinajstić information content (AvgIpc) is 2.14. The summed E-state index contributed by atoms with van der Waals surface area (Å²) in [5, 5.41) is 0. The summed E-state index contributed by atoms with van der Waals surface area (Å²) in [5.41, 5.74) is 7.00. The Labute approximate surface area is 104 Å². The minimum atomic E-state index is 0.127. The molecular formula is C13H23N3O. The molecule has 0 aliphatic carbocycles. The fourth-order valence-corrected chi connectivity index (χ4v) is 1.75. The van der Waals surface area contributed by atoms with Crippen LogP contribution in [0.15, 0.2) is 12.4 Å². The maximum atomic E-state index is 6.06. The molecule has 1 heterocycles. The van der Waals surface area contributed by atoms with E-state index < -0.39 is 0 Å². The van der Waals surface area contributed by atoms with Crippen molar-refractivity contribution >= 4 is 0 Å². The summed E-state index contributed by atoms with van der Waals surface area (Å²) in [5.74, 6) is 1.24. The molecule has 2 N–H and O–H groups in total. The topological polar surface area (TPSA) is 61.0 Å². The molecule has 0 fully saturated rings. The van der Waals surface area contributed by atoms with Crippen LogP contribution in [0.4, 0.5) is 0 Å². The number of nitrogens with zero attached hydrogens (tertiary/aromatic N) is 2. The third kappa shape index (κ3) is 5.63. The molecule has 0 radical (unpaired) electrons. The zero-order chi connectivity index (χ0) is 12.8. The number of hydrogen-bond acceptors (Lipinski definition) is 4. The Hall–Kier alpha value is -1.16. The molecule has 0 aliphatic rings. The summed E-state index contributed by atoms with van der Waals surface area (Å²) in [6.07, 6.45) is 3.44. The normalized spacial score (nSPS) is 13.1. The molecule has 1 atom stereocenters. The van der Waals surface area contributed by atoms with E-state index in [4.69, 9.17) is 10.5 Å². The Kier molecular flexibility index (Phi) is 5.35. The highest BCUT2D eigenvalue weighted by atomic mass is 16.5. The summed E-state index contributed by atoms with van der Waals surface area (Å²) in [6.45, 7) is 8.30. The largest absolute Gasteiger partial charge is 0.475 e. The van der Waals surface area contributed by atoms with E-state index in [2.05, 4.69) is 23.8 Å². The van der Waals surface area contributed by atoms with Gasteiger partial charge in [0.05, 0.1) is 6.10 Å². The lowest BCUT2D eigenvalue weighted by Gasteiger charge is -2.14. The van der Waals surface area contributed by atoms with Crippen molar-refractivity contribution in [2.75, 3.05) is 0 Å². The van der Waals surface area contributed by atoms with E-state index in [9.17, 15) is 0 Å². The maximum absolute atomic E-state index is 6.06. The quantitative estimate of drug-likeness (QED) is 0.823. The van der Waals surface area contributed by atoms with E-state index in [1.807, 2.05) is 19.9 Å². The molecule has 0 saturated carbocycles. The van der Waals surface area contributed by atoms with E-state index in [0.29, 0.717) is 11.8 Å². The highest BCUT2D eigenvalue weighted by molar-refractivity contribution is 5.14. The molecule has 4 heteroatoms. The fraction of sp³-hybridized carbons (Fsp3) is 0.692. The van der Waals surface area contributed by atoms with E-state index in [1.165, 1.54) is 6.33 Å². The lowest BCUT2D eigenvalue weighted by molar-refractivity contribution is 0.232. The first-order valence-corrected chi connectivity index (χ1v) is 6.20. The van der Waals surface area contributed by atoms with Gasteiger partial charge in [0.15, 0.2) is 0 Å². The zero-order valence-corrected chi connectivity index (χ0v) is 11.2. The molecule has 1 aromatic rings. The third-order valence-corrected chi connectivity index (χ3v) is 2.30. The maximum Gasteiger partial charge on any atom is 0.216 e. The molecule has 0 spiro atoms. The SMILES string of the molecule is CC(C)CC(N)Cc1cc(OC(C)C)ncn1. The Morgan fingerprint density at radius 2 is 1.94 bits per heavy atom. The molecule has 96 valence electrons. The molecule has 0 bridgehead atoms. The van der Waals surface area contributed by atoms with Crippen molar-refractivity contribution in [3.63, 3.8) is 0 Å². The first-order chi connectivity index (χ1) is 7.97. The van der Waals surface area contributed by atoms with Crippen LogP contribution in [0.3, 0.4) is 0 Å². The van der Waals surface area contributed by atoms with Crippen LogP contribution in [0, 0.1) is 5.92 Å². The van der Waals surface area contributed by atoms with Crippen molar-refractivity contribution in [2.45, 2.75) is 52.7 Å². The predicted molar refractivity (Wildman–Crippen MR) is 68.9 cm³/mol. The van der Waals surface area contributed by atoms with Crippen molar-refractivity contribution in [3.05, 3.63) is 18.1 Å². The van der Waals surface area contributed by atoms with Crippen molar-refractivity contribution in [1.82, 2.24) is 9.97 Å². The highest BCUT2D eigenvalue weighted by Gasteiger charge is 2.09. The number of nitrogens with two attached hydrogens (primary N) is 1. The number of rotatable bonds is 6. The van der Waals surface area contributed by atoms with Gasteiger partial charge >= 0.3 is 0 Å². The monoisotopic (exact) mass is 237 g/mol. The first-order valence-electron chi connectivity index (χ1n) is 6.20. The van der Waals surface area contributed by atoms with E-state index in [1.54, 1.807) is 0 Å². The number of hydrogen-bond donors (Lipinski definition) is 1. The van der Waals surface area contributed by atoms with Gasteiger partial charge in [-0.2, -0.15) is 0 Å². The number of ether oxygens (including phenoxy) is 1. The van der Waals surface area contributed by atoms with Gasteiger partial charge in [0.1, 0.15) is 6.33 Å². The van der Waals surface area contributed by atoms with Gasteiger partial charge < -0.3 is 10.5 Å². The third-order valence-electron chi connectivity index (χ3n) is 2.30. The van der Waals surface area contributed by atoms with Crippen LogP contribution in [0.25, 0.3) is 0 Å². The van der Waals surface area contributed by atoms with E-state index >= 15 is 0 Å². The Bertz CT molecular complexity index is 339. The second-order valence-electron chi connectivity index (χ2n) is 5.11. The second kappa shape index (κ2) is 6.55. The van der Waals surface area contributed by atoms with Gasteiger partial charge in [0.2, 0.25) is 5.88 Å². The predicted octanol–water partition coefficient (Wildman–Crippen LogP) is 2.18. The summed E-state index contributed by atoms with van der Waals surface area (Å²) in [4.78, 5) is 8.30. The summed E-state index contributed by atoms with van der Waals surface area (Å²) >= 11 is 0. The van der Waals surface area contributed by atoms with E-state index in [0.717, 1.165) is 18.5 Å². The van der Waals surface area contributed by atoms with Gasteiger partial charge in [-0.3, -0.25) is 0 Å². The zero-order valence-electron chi connectivity index (χ0n) is 11.2. The van der Waals surface area contributed by atoms with Crippen LogP contribution in [0.2, 0.25) is 0 Å². The van der Waals surface area contributed by atoms with Crippen molar-refractivity contribution in [3.8, 4) is 5.88 Å². The molecule has 0 saturated heterocycles. The standard InChI is InChI=1S/C13H23N3O/c1-9(2)5-11(14)6-12-7-13(16-8-15-12)17-10(3)4/h7-11H,5-6,14H2,1-4H3. The van der Waals surface area contributed by atoms with Crippen LogP contribution in [-0.2, 0) is 6.42 Å². The molecule has 17 heavy (non-hydrogen) atoms. The van der Waals surface area contributed by atoms with Crippen LogP contribution in [0.1, 0.15) is 39.8 Å². The molecule has 1 rings (SSSR count). The minimum Gasteiger partial charge on any atom is -0.475 e. The Morgan fingerprint density at radius 1 is 1.24 bits per heavy atom. The summed E-state index contributed by atoms with van der Waals surface area (Å²) in [7, 11) is 0. The van der Waals surface area contributed by atoms with Crippen LogP contribution >= 0.6 is 0 Å².